The molecule has 0 aliphatic rings. The van der Waals surface area contributed by atoms with Gasteiger partial charge in [0.1, 0.15) is 0 Å². The molecule has 0 aromatic heterocycles. The fourth-order valence-electron chi connectivity index (χ4n) is 2.06. The van der Waals surface area contributed by atoms with E-state index in [-0.39, 0.29) is 17.9 Å². The van der Waals surface area contributed by atoms with E-state index in [1.165, 1.54) is 12.5 Å². The van der Waals surface area contributed by atoms with E-state index in [2.05, 4.69) is 6.92 Å². The van der Waals surface area contributed by atoms with Crippen molar-refractivity contribution >= 4 is 11.7 Å². The number of ether oxygens (including phenoxy) is 1. The Bertz CT molecular complexity index is 487. The number of esters is 1. The Labute approximate surface area is 128 Å². The average molecular weight is 317 g/mol. The normalized spacial score (nSPS) is 11.5. The van der Waals surface area contributed by atoms with Crippen LogP contribution >= 0.6 is 0 Å². The second-order valence-corrected chi connectivity index (χ2v) is 5.25. The number of anilines is 1. The summed E-state index contributed by atoms with van der Waals surface area (Å²) in [6, 6.07) is 2.75. The standard InChI is InChI=1S/C16H22F3NO2/c1-2-3-4-5-6-7-8-22-15(21)12-9-13(16(17,18)19)11-14(20)10-12/h9-11H,2-8,20H2,1H3. The van der Waals surface area contributed by atoms with Gasteiger partial charge in [0.15, 0.2) is 0 Å². The van der Waals surface area contributed by atoms with Crippen molar-refractivity contribution in [1.29, 1.82) is 0 Å². The first-order chi connectivity index (χ1) is 10.3. The summed E-state index contributed by atoms with van der Waals surface area (Å²) < 4.78 is 43.0. The van der Waals surface area contributed by atoms with Crippen molar-refractivity contribution < 1.29 is 22.7 Å². The predicted octanol–water partition coefficient (Wildman–Crippen LogP) is 4.80. The quantitative estimate of drug-likeness (QED) is 0.425. The molecule has 2 N–H and O–H groups in total. The molecule has 0 fully saturated rings. The summed E-state index contributed by atoms with van der Waals surface area (Å²) in [5, 5.41) is 0. The Morgan fingerprint density at radius 3 is 2.36 bits per heavy atom. The lowest BCUT2D eigenvalue weighted by atomic mass is 10.1. The molecule has 0 unspecified atom stereocenters. The first-order valence-electron chi connectivity index (χ1n) is 7.49. The Hall–Kier alpha value is -1.72. The minimum absolute atomic E-state index is 0.110. The van der Waals surface area contributed by atoms with Crippen LogP contribution < -0.4 is 5.73 Å². The molecule has 0 saturated carbocycles. The van der Waals surface area contributed by atoms with Crippen LogP contribution in [0.2, 0.25) is 0 Å². The number of hydrogen-bond acceptors (Lipinski definition) is 3. The van der Waals surface area contributed by atoms with Crippen molar-refractivity contribution in [1.82, 2.24) is 0 Å². The van der Waals surface area contributed by atoms with E-state index in [1.807, 2.05) is 0 Å². The summed E-state index contributed by atoms with van der Waals surface area (Å²) in [5.74, 6) is -0.772. The number of hydrogen-bond donors (Lipinski definition) is 1. The topological polar surface area (TPSA) is 52.3 Å². The lowest BCUT2D eigenvalue weighted by molar-refractivity contribution is -0.137. The Balaban J connectivity index is 2.47. The fraction of sp³-hybridized carbons (Fsp3) is 0.562. The highest BCUT2D eigenvalue weighted by atomic mass is 19.4. The van der Waals surface area contributed by atoms with Gasteiger partial charge in [0.05, 0.1) is 17.7 Å². The minimum Gasteiger partial charge on any atom is -0.462 e. The van der Waals surface area contributed by atoms with Crippen LogP contribution in [0.4, 0.5) is 18.9 Å². The van der Waals surface area contributed by atoms with Crippen LogP contribution in [0.25, 0.3) is 0 Å². The molecule has 1 rings (SSSR count). The number of carbonyl (C=O) groups excluding carboxylic acids is 1. The van der Waals surface area contributed by atoms with E-state index >= 15 is 0 Å². The molecule has 0 amide bonds. The summed E-state index contributed by atoms with van der Waals surface area (Å²) in [5.41, 5.74) is 4.19. The largest absolute Gasteiger partial charge is 0.462 e. The minimum atomic E-state index is -4.54. The molecule has 0 radical (unpaired) electrons. The third-order valence-electron chi connectivity index (χ3n) is 3.25. The number of alkyl halides is 3. The number of unbranched alkanes of at least 4 members (excludes halogenated alkanes) is 5. The molecule has 0 heterocycles. The van der Waals surface area contributed by atoms with Crippen molar-refractivity contribution in [3.05, 3.63) is 29.3 Å². The van der Waals surface area contributed by atoms with Crippen LogP contribution in [0.1, 0.15) is 61.4 Å². The molecule has 0 bridgehead atoms. The van der Waals surface area contributed by atoms with Crippen LogP contribution in [0, 0.1) is 0 Å². The number of nitrogens with two attached hydrogens (primary N) is 1. The third-order valence-corrected chi connectivity index (χ3v) is 3.25. The second-order valence-electron chi connectivity index (χ2n) is 5.25. The van der Waals surface area contributed by atoms with Gasteiger partial charge in [0.25, 0.3) is 0 Å². The number of benzene rings is 1. The zero-order valence-corrected chi connectivity index (χ0v) is 12.7. The number of nitrogen functional groups attached to an aromatic ring is 1. The summed E-state index contributed by atoms with van der Waals surface area (Å²) in [4.78, 5) is 11.8. The van der Waals surface area contributed by atoms with Crippen molar-refractivity contribution in [2.45, 2.75) is 51.6 Å². The van der Waals surface area contributed by atoms with E-state index in [9.17, 15) is 18.0 Å². The lowest BCUT2D eigenvalue weighted by Crippen LogP contribution is -2.11. The highest BCUT2D eigenvalue weighted by Crippen LogP contribution is 2.31. The van der Waals surface area contributed by atoms with E-state index in [4.69, 9.17) is 10.5 Å². The molecule has 1 aromatic carbocycles. The van der Waals surface area contributed by atoms with Gasteiger partial charge in [-0.15, -0.1) is 0 Å². The van der Waals surface area contributed by atoms with Gasteiger partial charge in [0.2, 0.25) is 0 Å². The summed E-state index contributed by atoms with van der Waals surface area (Å²) in [7, 11) is 0. The fourth-order valence-corrected chi connectivity index (χ4v) is 2.06. The molecule has 0 saturated heterocycles. The van der Waals surface area contributed by atoms with Crippen molar-refractivity contribution in [2.24, 2.45) is 0 Å². The molecule has 6 heteroatoms. The van der Waals surface area contributed by atoms with Gasteiger partial charge in [-0.1, -0.05) is 39.0 Å². The van der Waals surface area contributed by atoms with Gasteiger partial charge in [-0.25, -0.2) is 4.79 Å². The van der Waals surface area contributed by atoms with Gasteiger partial charge >= 0.3 is 12.1 Å². The van der Waals surface area contributed by atoms with Gasteiger partial charge < -0.3 is 10.5 Å². The number of halogens is 3. The summed E-state index contributed by atoms with van der Waals surface area (Å²) in [6.45, 7) is 2.34. The van der Waals surface area contributed by atoms with Gasteiger partial charge in [0, 0.05) is 5.69 Å². The second kappa shape index (κ2) is 8.66. The predicted molar refractivity (Wildman–Crippen MR) is 79.5 cm³/mol. The number of rotatable bonds is 8. The van der Waals surface area contributed by atoms with Crippen LogP contribution in [0.3, 0.4) is 0 Å². The third kappa shape index (κ3) is 6.37. The van der Waals surface area contributed by atoms with E-state index in [0.717, 1.165) is 37.8 Å². The van der Waals surface area contributed by atoms with Crippen molar-refractivity contribution in [2.75, 3.05) is 12.3 Å². The summed E-state index contributed by atoms with van der Waals surface area (Å²) >= 11 is 0. The smallest absolute Gasteiger partial charge is 0.416 e. The van der Waals surface area contributed by atoms with Crippen LogP contribution in [0.15, 0.2) is 18.2 Å². The lowest BCUT2D eigenvalue weighted by Gasteiger charge is -2.10. The zero-order chi connectivity index (χ0) is 16.6. The van der Waals surface area contributed by atoms with E-state index in [0.29, 0.717) is 6.42 Å². The SMILES string of the molecule is CCCCCCCCOC(=O)c1cc(N)cc(C(F)(F)F)c1. The first kappa shape index (κ1) is 18.3. The zero-order valence-electron chi connectivity index (χ0n) is 12.7. The molecule has 22 heavy (non-hydrogen) atoms. The van der Waals surface area contributed by atoms with Crippen molar-refractivity contribution in [3.8, 4) is 0 Å². The molecule has 3 nitrogen and oxygen atoms in total. The van der Waals surface area contributed by atoms with Gasteiger partial charge in [-0.05, 0) is 24.6 Å². The van der Waals surface area contributed by atoms with E-state index < -0.39 is 17.7 Å². The maximum atomic E-state index is 12.7. The first-order valence-corrected chi connectivity index (χ1v) is 7.49. The molecular formula is C16H22F3NO2. The Morgan fingerprint density at radius 1 is 1.09 bits per heavy atom. The highest BCUT2D eigenvalue weighted by Gasteiger charge is 2.31. The maximum Gasteiger partial charge on any atom is 0.416 e. The summed E-state index contributed by atoms with van der Waals surface area (Å²) in [6.07, 6.45) is 1.68. The van der Waals surface area contributed by atoms with E-state index in [1.54, 1.807) is 0 Å². The average Bonchev–Trinajstić information content (AvgIpc) is 2.44. The van der Waals surface area contributed by atoms with Gasteiger partial charge in [-0.3, -0.25) is 0 Å². The molecular weight excluding hydrogens is 295 g/mol. The molecule has 0 aliphatic carbocycles. The number of carbonyl (C=O) groups is 1. The van der Waals surface area contributed by atoms with Crippen LogP contribution in [-0.2, 0) is 10.9 Å². The van der Waals surface area contributed by atoms with Gasteiger partial charge in [-0.2, -0.15) is 13.2 Å². The molecule has 0 spiro atoms. The molecule has 1 aromatic rings. The molecule has 124 valence electrons. The molecule has 0 aliphatic heterocycles. The Kier molecular flexibility index (Phi) is 7.21. The monoisotopic (exact) mass is 317 g/mol. The van der Waals surface area contributed by atoms with Crippen molar-refractivity contribution in [3.63, 3.8) is 0 Å². The Morgan fingerprint density at radius 2 is 1.73 bits per heavy atom. The van der Waals surface area contributed by atoms with Crippen LogP contribution in [-0.4, -0.2) is 12.6 Å². The maximum absolute atomic E-state index is 12.7. The molecule has 0 atom stereocenters. The highest BCUT2D eigenvalue weighted by molar-refractivity contribution is 5.90. The van der Waals surface area contributed by atoms with Crippen LogP contribution in [0.5, 0.6) is 0 Å².